The number of fused-ring (bicyclic) bond motifs is 1. The Morgan fingerprint density at radius 1 is 1.06 bits per heavy atom. The maximum Gasteiger partial charge on any atom is 0.196 e. The van der Waals surface area contributed by atoms with Gasteiger partial charge in [-0.05, 0) is 57.9 Å². The highest BCUT2D eigenvalue weighted by Crippen LogP contribution is 2.42. The molecule has 3 aromatic rings. The Bertz CT molecular complexity index is 1230. The lowest BCUT2D eigenvalue weighted by atomic mass is 10.00. The first-order chi connectivity index (χ1) is 15.8. The molecule has 172 valence electrons. The number of ether oxygens (including phenoxy) is 3. The van der Waals surface area contributed by atoms with Crippen molar-refractivity contribution in [3.05, 3.63) is 78.7 Å². The number of carbonyl (C=O) groups is 1. The molecule has 0 amide bonds. The van der Waals surface area contributed by atoms with Crippen LogP contribution < -0.4 is 19.1 Å². The molecule has 0 spiro atoms. The normalized spacial score (nSPS) is 12.7. The topological polar surface area (TPSA) is 48.0 Å². The first kappa shape index (κ1) is 24.0. The van der Waals surface area contributed by atoms with Crippen LogP contribution in [0.4, 0.5) is 5.69 Å². The van der Waals surface area contributed by atoms with Gasteiger partial charge in [0.15, 0.2) is 23.0 Å². The van der Waals surface area contributed by atoms with Crippen LogP contribution in [-0.4, -0.2) is 33.2 Å². The second kappa shape index (κ2) is 10.0. The van der Waals surface area contributed by atoms with Crippen molar-refractivity contribution < 1.29 is 19.0 Å². The van der Waals surface area contributed by atoms with Crippen molar-refractivity contribution in [3.8, 4) is 17.2 Å². The number of ketones is 1. The number of rotatable bonds is 6. The van der Waals surface area contributed by atoms with E-state index in [1.165, 1.54) is 14.2 Å². The Balaban J connectivity index is 1.70. The van der Waals surface area contributed by atoms with Gasteiger partial charge in [-0.1, -0.05) is 40.9 Å². The molecule has 1 aliphatic heterocycles. The molecule has 4 rings (SSSR count). The largest absolute Gasteiger partial charge is 0.493 e. The monoisotopic (exact) mass is 569 g/mol. The molecule has 0 aliphatic carbocycles. The van der Waals surface area contributed by atoms with Gasteiger partial charge >= 0.3 is 0 Å². The third-order valence-corrected chi connectivity index (χ3v) is 6.90. The van der Waals surface area contributed by atoms with Crippen LogP contribution in [0.1, 0.15) is 21.5 Å². The summed E-state index contributed by atoms with van der Waals surface area (Å²) in [5, 5.41) is 1.16. The van der Waals surface area contributed by atoms with E-state index in [9.17, 15) is 4.79 Å². The molecule has 9 heteroatoms. The molecule has 0 N–H and O–H groups in total. The molecule has 5 nitrogen and oxygen atoms in total. The van der Waals surface area contributed by atoms with Gasteiger partial charge in [-0.15, -0.1) is 0 Å². The maximum absolute atomic E-state index is 13.4. The third kappa shape index (κ3) is 4.76. The summed E-state index contributed by atoms with van der Waals surface area (Å²) in [7, 11) is 3.05. The lowest BCUT2D eigenvalue weighted by Gasteiger charge is -2.32. The molecule has 3 aromatic carbocycles. The maximum atomic E-state index is 13.4. The van der Waals surface area contributed by atoms with Gasteiger partial charge in [-0.2, -0.15) is 0 Å². The van der Waals surface area contributed by atoms with E-state index < -0.39 is 0 Å². The second-order valence-corrected chi connectivity index (χ2v) is 9.38. The summed E-state index contributed by atoms with van der Waals surface area (Å²) >= 11 is 22.9. The number of carbonyl (C=O) groups excluding carboxylic acids is 1. The number of halogens is 4. The van der Waals surface area contributed by atoms with Crippen LogP contribution in [0, 0.1) is 0 Å². The molecule has 0 radical (unpaired) electrons. The number of hydrogen-bond acceptors (Lipinski definition) is 5. The highest BCUT2D eigenvalue weighted by molar-refractivity contribution is 9.10. The minimum atomic E-state index is -0.305. The summed E-state index contributed by atoms with van der Waals surface area (Å²) in [5.41, 5.74) is 2.23. The van der Waals surface area contributed by atoms with E-state index in [2.05, 4.69) is 20.8 Å². The van der Waals surface area contributed by atoms with E-state index in [4.69, 9.17) is 49.0 Å². The van der Waals surface area contributed by atoms with Crippen LogP contribution in [-0.2, 0) is 6.54 Å². The fourth-order valence-electron chi connectivity index (χ4n) is 3.72. The van der Waals surface area contributed by atoms with Crippen LogP contribution in [0.15, 0.2) is 46.9 Å². The Labute approximate surface area is 215 Å². The zero-order chi connectivity index (χ0) is 23.7. The van der Waals surface area contributed by atoms with Gasteiger partial charge in [0.2, 0.25) is 0 Å². The molecular weight excluding hydrogens is 553 g/mol. The predicted octanol–water partition coefficient (Wildman–Crippen LogP) is 7.06. The van der Waals surface area contributed by atoms with Gasteiger partial charge in [-0.25, -0.2) is 0 Å². The average molecular weight is 572 g/mol. The molecular formula is C24H19BrCl3NO4. The quantitative estimate of drug-likeness (QED) is 0.297. The van der Waals surface area contributed by atoms with Crippen molar-refractivity contribution in [1.29, 1.82) is 0 Å². The molecule has 0 bridgehead atoms. The van der Waals surface area contributed by atoms with Crippen LogP contribution in [0.3, 0.4) is 0 Å². The fourth-order valence-corrected chi connectivity index (χ4v) is 5.23. The van der Waals surface area contributed by atoms with Gasteiger partial charge in [0.25, 0.3) is 0 Å². The molecule has 33 heavy (non-hydrogen) atoms. The summed E-state index contributed by atoms with van der Waals surface area (Å²) < 4.78 is 17.2. The van der Waals surface area contributed by atoms with Gasteiger partial charge in [-0.3, -0.25) is 4.79 Å². The second-order valence-electron chi connectivity index (χ2n) is 7.30. The molecule has 0 unspecified atom stereocenters. The molecule has 0 aromatic heterocycles. The molecule has 0 saturated carbocycles. The Hall–Kier alpha value is -2.12. The van der Waals surface area contributed by atoms with Crippen LogP contribution in [0.2, 0.25) is 15.1 Å². The van der Waals surface area contributed by atoms with Crippen LogP contribution >= 0.6 is 50.7 Å². The van der Waals surface area contributed by atoms with E-state index in [-0.39, 0.29) is 16.4 Å². The smallest absolute Gasteiger partial charge is 0.196 e. The first-order valence-corrected chi connectivity index (χ1v) is 11.9. The van der Waals surface area contributed by atoms with E-state index in [1.807, 2.05) is 12.1 Å². The van der Waals surface area contributed by atoms with E-state index in [0.29, 0.717) is 46.8 Å². The van der Waals surface area contributed by atoms with Crippen molar-refractivity contribution in [2.24, 2.45) is 0 Å². The van der Waals surface area contributed by atoms with Crippen molar-refractivity contribution in [2.75, 3.05) is 32.3 Å². The molecule has 1 aliphatic rings. The highest BCUT2D eigenvalue weighted by Gasteiger charge is 2.25. The summed E-state index contributed by atoms with van der Waals surface area (Å²) in [6.07, 6.45) is 0. The Morgan fingerprint density at radius 3 is 2.55 bits per heavy atom. The van der Waals surface area contributed by atoms with Gasteiger partial charge < -0.3 is 19.1 Å². The number of anilines is 1. The van der Waals surface area contributed by atoms with E-state index in [1.54, 1.807) is 30.3 Å². The van der Waals surface area contributed by atoms with Gasteiger partial charge in [0, 0.05) is 17.1 Å². The predicted molar refractivity (Wildman–Crippen MR) is 135 cm³/mol. The summed E-state index contributed by atoms with van der Waals surface area (Å²) in [4.78, 5) is 15.5. The van der Waals surface area contributed by atoms with Crippen molar-refractivity contribution >= 4 is 62.2 Å². The van der Waals surface area contributed by atoms with Crippen molar-refractivity contribution in [3.63, 3.8) is 0 Å². The summed E-state index contributed by atoms with van der Waals surface area (Å²) in [5.74, 6) is 1.38. The van der Waals surface area contributed by atoms with Crippen molar-refractivity contribution in [2.45, 2.75) is 6.54 Å². The van der Waals surface area contributed by atoms with E-state index >= 15 is 0 Å². The minimum absolute atomic E-state index is 0.240. The van der Waals surface area contributed by atoms with E-state index in [0.717, 1.165) is 21.5 Å². The minimum Gasteiger partial charge on any atom is -0.493 e. The van der Waals surface area contributed by atoms with Crippen LogP contribution in [0.5, 0.6) is 17.2 Å². The van der Waals surface area contributed by atoms with Gasteiger partial charge in [0.05, 0.1) is 46.5 Å². The number of benzene rings is 3. The number of hydrogen-bond donors (Lipinski definition) is 0. The fraction of sp³-hybridized carbons (Fsp3) is 0.208. The molecule has 0 atom stereocenters. The Kier molecular flexibility index (Phi) is 7.29. The molecule has 0 fully saturated rings. The zero-order valence-electron chi connectivity index (χ0n) is 17.8. The number of methoxy groups -OCH3 is 2. The molecule has 1 heterocycles. The zero-order valence-corrected chi connectivity index (χ0v) is 21.6. The SMILES string of the molecule is COc1ccc(C(=O)c2c(Cl)ccc(CN3CCOc4c(Br)cc(Cl)cc43)c2Cl)cc1OC. The number of nitrogens with zero attached hydrogens (tertiary/aromatic N) is 1. The lowest BCUT2D eigenvalue weighted by Crippen LogP contribution is -2.32. The van der Waals surface area contributed by atoms with Crippen molar-refractivity contribution in [1.82, 2.24) is 0 Å². The first-order valence-electron chi connectivity index (χ1n) is 9.94. The van der Waals surface area contributed by atoms with Crippen LogP contribution in [0.25, 0.3) is 0 Å². The Morgan fingerprint density at radius 2 is 1.82 bits per heavy atom. The lowest BCUT2D eigenvalue weighted by molar-refractivity contribution is 0.103. The highest BCUT2D eigenvalue weighted by atomic mass is 79.9. The molecule has 0 saturated heterocycles. The summed E-state index contributed by atoms with van der Waals surface area (Å²) in [6, 6.07) is 12.1. The van der Waals surface area contributed by atoms with Gasteiger partial charge in [0.1, 0.15) is 6.61 Å². The third-order valence-electron chi connectivity index (χ3n) is 5.34. The average Bonchev–Trinajstić information content (AvgIpc) is 2.80. The summed E-state index contributed by atoms with van der Waals surface area (Å²) in [6.45, 7) is 1.60. The standard InChI is InChI=1S/C24H19BrCl3NO4/c1-31-19-6-4-13(9-20(19)32-2)23(30)21-17(27)5-3-14(22(21)28)12-29-7-8-33-24-16(25)10-15(26)11-18(24)29/h3-6,9-11H,7-8,12H2,1-2H3.